The zero-order valence-electron chi connectivity index (χ0n) is 18.1. The molecule has 7 heteroatoms. The normalized spacial score (nSPS) is 11.3. The van der Waals surface area contributed by atoms with Crippen molar-refractivity contribution in [3.05, 3.63) is 83.9 Å². The van der Waals surface area contributed by atoms with Crippen LogP contribution in [0.25, 0.3) is 27.7 Å². The van der Waals surface area contributed by atoms with E-state index in [9.17, 15) is 4.79 Å². The van der Waals surface area contributed by atoms with Crippen LogP contribution in [0.3, 0.4) is 0 Å². The summed E-state index contributed by atoms with van der Waals surface area (Å²) in [6, 6.07) is 16.9. The lowest BCUT2D eigenvalue weighted by Crippen LogP contribution is -2.25. The van der Waals surface area contributed by atoms with Crippen LogP contribution in [0, 0.1) is 6.92 Å². The van der Waals surface area contributed by atoms with Crippen molar-refractivity contribution < 1.29 is 4.79 Å². The van der Waals surface area contributed by atoms with Crippen molar-refractivity contribution in [2.45, 2.75) is 19.8 Å². The second-order valence-corrected chi connectivity index (χ2v) is 8.03. The Balaban J connectivity index is 1.15. The first-order valence-electron chi connectivity index (χ1n) is 10.7. The van der Waals surface area contributed by atoms with Gasteiger partial charge in [-0.3, -0.25) is 9.48 Å². The maximum absolute atomic E-state index is 12.4. The SMILES string of the molecule is Cc1cc2ncc(C(=O)NCCCc3ccc(-c4ccc5c(cnn5C)c4)cc3)cn2n1. The number of carbonyl (C=O) groups excluding carboxylic acids is 1. The van der Waals surface area contributed by atoms with E-state index in [1.54, 1.807) is 16.9 Å². The summed E-state index contributed by atoms with van der Waals surface area (Å²) in [6.45, 7) is 2.51. The number of amides is 1. The molecule has 0 unspecified atom stereocenters. The van der Waals surface area contributed by atoms with E-state index in [0.29, 0.717) is 12.1 Å². The molecule has 3 heterocycles. The number of carbonyl (C=O) groups is 1. The summed E-state index contributed by atoms with van der Waals surface area (Å²) in [6.07, 6.45) is 6.96. The molecule has 0 aliphatic heterocycles. The van der Waals surface area contributed by atoms with E-state index >= 15 is 0 Å². The van der Waals surface area contributed by atoms with E-state index in [0.717, 1.165) is 35.1 Å². The minimum atomic E-state index is -0.131. The standard InChI is InChI=1S/C25H24N6O/c1-17-12-24-27-14-22(16-31(24)29-17)25(32)26-11-3-4-18-5-7-19(8-6-18)20-9-10-23-21(13-20)15-28-30(23)2/h5-10,12-16H,3-4,11H2,1-2H3,(H,26,32). The third kappa shape index (κ3) is 3.97. The third-order valence-electron chi connectivity index (χ3n) is 5.66. The molecule has 0 spiro atoms. The number of fused-ring (bicyclic) bond motifs is 2. The predicted molar refractivity (Wildman–Crippen MR) is 125 cm³/mol. The van der Waals surface area contributed by atoms with Crippen LogP contribution in [0.5, 0.6) is 0 Å². The minimum Gasteiger partial charge on any atom is -0.352 e. The molecule has 0 saturated carbocycles. The second-order valence-electron chi connectivity index (χ2n) is 8.03. The molecule has 1 amide bonds. The summed E-state index contributed by atoms with van der Waals surface area (Å²) in [5.74, 6) is -0.131. The van der Waals surface area contributed by atoms with Gasteiger partial charge in [-0.1, -0.05) is 30.3 Å². The van der Waals surface area contributed by atoms with Crippen LogP contribution < -0.4 is 5.32 Å². The van der Waals surface area contributed by atoms with E-state index in [4.69, 9.17) is 0 Å². The van der Waals surface area contributed by atoms with Crippen LogP contribution in [-0.4, -0.2) is 36.8 Å². The average molecular weight is 425 g/mol. The topological polar surface area (TPSA) is 77.1 Å². The molecular weight excluding hydrogens is 400 g/mol. The van der Waals surface area contributed by atoms with Gasteiger partial charge in [-0.05, 0) is 48.6 Å². The molecule has 0 aliphatic carbocycles. The molecule has 160 valence electrons. The zero-order valence-corrected chi connectivity index (χ0v) is 18.1. The van der Waals surface area contributed by atoms with Gasteiger partial charge < -0.3 is 5.32 Å². The first-order chi connectivity index (χ1) is 15.6. The molecule has 2 aromatic carbocycles. The molecule has 0 aliphatic rings. The number of hydrogen-bond donors (Lipinski definition) is 1. The summed E-state index contributed by atoms with van der Waals surface area (Å²) in [7, 11) is 1.95. The molecule has 0 radical (unpaired) electrons. The number of rotatable bonds is 6. The third-order valence-corrected chi connectivity index (χ3v) is 5.66. The number of nitrogens with zero attached hydrogens (tertiary/aromatic N) is 5. The minimum absolute atomic E-state index is 0.131. The highest BCUT2D eigenvalue weighted by molar-refractivity contribution is 5.93. The fourth-order valence-electron chi connectivity index (χ4n) is 3.92. The zero-order chi connectivity index (χ0) is 22.1. The number of aromatic nitrogens is 5. The Kier molecular flexibility index (Phi) is 5.15. The molecule has 0 saturated heterocycles. The van der Waals surface area contributed by atoms with Crippen molar-refractivity contribution >= 4 is 22.5 Å². The average Bonchev–Trinajstić information content (AvgIpc) is 3.37. The first-order valence-corrected chi connectivity index (χ1v) is 10.7. The maximum Gasteiger partial charge on any atom is 0.254 e. The van der Waals surface area contributed by atoms with Crippen molar-refractivity contribution in [2.24, 2.45) is 7.05 Å². The number of aryl methyl sites for hydroxylation is 3. The van der Waals surface area contributed by atoms with Gasteiger partial charge in [0.25, 0.3) is 5.91 Å². The van der Waals surface area contributed by atoms with Crippen molar-refractivity contribution in [1.82, 2.24) is 29.7 Å². The Morgan fingerprint density at radius 3 is 2.69 bits per heavy atom. The highest BCUT2D eigenvalue weighted by atomic mass is 16.1. The lowest BCUT2D eigenvalue weighted by molar-refractivity contribution is 0.0952. The smallest absolute Gasteiger partial charge is 0.254 e. The molecule has 1 N–H and O–H groups in total. The Morgan fingerprint density at radius 2 is 1.84 bits per heavy atom. The van der Waals surface area contributed by atoms with Gasteiger partial charge in [-0.25, -0.2) is 9.50 Å². The Labute approximate surface area is 185 Å². The van der Waals surface area contributed by atoms with E-state index in [2.05, 4.69) is 63.0 Å². The van der Waals surface area contributed by atoms with E-state index < -0.39 is 0 Å². The summed E-state index contributed by atoms with van der Waals surface area (Å²) in [5.41, 5.74) is 6.87. The number of nitrogens with one attached hydrogen (secondary N) is 1. The van der Waals surface area contributed by atoms with Gasteiger partial charge in [-0.15, -0.1) is 0 Å². The monoisotopic (exact) mass is 424 g/mol. The van der Waals surface area contributed by atoms with Gasteiger partial charge in [0.05, 0.1) is 23.0 Å². The fourth-order valence-corrected chi connectivity index (χ4v) is 3.92. The molecular formula is C25H24N6O. The summed E-state index contributed by atoms with van der Waals surface area (Å²) in [5, 5.41) is 12.7. The quantitative estimate of drug-likeness (QED) is 0.419. The molecule has 5 rings (SSSR count). The summed E-state index contributed by atoms with van der Waals surface area (Å²) < 4.78 is 3.52. The van der Waals surface area contributed by atoms with Gasteiger partial charge in [-0.2, -0.15) is 10.2 Å². The van der Waals surface area contributed by atoms with Crippen LogP contribution in [0.2, 0.25) is 0 Å². The van der Waals surface area contributed by atoms with Crippen LogP contribution >= 0.6 is 0 Å². The number of hydrogen-bond acceptors (Lipinski definition) is 4. The largest absolute Gasteiger partial charge is 0.352 e. The van der Waals surface area contributed by atoms with Gasteiger partial charge in [0.2, 0.25) is 0 Å². The molecule has 0 fully saturated rings. The van der Waals surface area contributed by atoms with Crippen molar-refractivity contribution in [3.8, 4) is 11.1 Å². The Morgan fingerprint density at radius 1 is 1.03 bits per heavy atom. The van der Waals surface area contributed by atoms with E-state index in [1.165, 1.54) is 16.7 Å². The van der Waals surface area contributed by atoms with Crippen molar-refractivity contribution in [2.75, 3.05) is 6.54 Å². The van der Waals surface area contributed by atoms with Gasteiger partial charge in [0.1, 0.15) is 0 Å². The van der Waals surface area contributed by atoms with Crippen LogP contribution in [0.1, 0.15) is 28.0 Å². The van der Waals surface area contributed by atoms with Crippen molar-refractivity contribution in [3.63, 3.8) is 0 Å². The summed E-state index contributed by atoms with van der Waals surface area (Å²) in [4.78, 5) is 16.7. The first kappa shape index (κ1) is 19.9. The van der Waals surface area contributed by atoms with Crippen LogP contribution in [-0.2, 0) is 13.5 Å². The molecule has 32 heavy (non-hydrogen) atoms. The molecule has 3 aromatic heterocycles. The predicted octanol–water partition coefficient (Wildman–Crippen LogP) is 3.95. The highest BCUT2D eigenvalue weighted by Crippen LogP contribution is 2.24. The summed E-state index contributed by atoms with van der Waals surface area (Å²) >= 11 is 0. The Bertz CT molecular complexity index is 1410. The number of benzene rings is 2. The van der Waals surface area contributed by atoms with E-state index in [1.807, 2.05) is 30.9 Å². The molecule has 7 nitrogen and oxygen atoms in total. The Hall–Kier alpha value is -4.00. The van der Waals surface area contributed by atoms with Gasteiger partial charge >= 0.3 is 0 Å². The highest BCUT2D eigenvalue weighted by Gasteiger charge is 2.08. The molecule has 5 aromatic rings. The lowest BCUT2D eigenvalue weighted by atomic mass is 10.0. The molecule has 0 atom stereocenters. The maximum atomic E-state index is 12.4. The van der Waals surface area contributed by atoms with Crippen molar-refractivity contribution in [1.29, 1.82) is 0 Å². The van der Waals surface area contributed by atoms with Gasteiger partial charge in [0, 0.05) is 37.4 Å². The van der Waals surface area contributed by atoms with Crippen LogP contribution in [0.4, 0.5) is 0 Å². The van der Waals surface area contributed by atoms with Gasteiger partial charge in [0.15, 0.2) is 5.65 Å². The van der Waals surface area contributed by atoms with E-state index in [-0.39, 0.29) is 5.91 Å². The molecule has 0 bridgehead atoms. The second kappa shape index (κ2) is 8.26. The fraction of sp³-hybridized carbons (Fsp3) is 0.200. The van der Waals surface area contributed by atoms with Crippen LogP contribution in [0.15, 0.2) is 67.1 Å². The lowest BCUT2D eigenvalue weighted by Gasteiger charge is -2.07.